The molecule has 1 saturated heterocycles. The summed E-state index contributed by atoms with van der Waals surface area (Å²) in [5.74, 6) is 0.750. The van der Waals surface area contributed by atoms with E-state index < -0.39 is 11.7 Å². The third kappa shape index (κ3) is 4.77. The molecule has 1 heterocycles. The van der Waals surface area contributed by atoms with Crippen LogP contribution < -0.4 is 0 Å². The Hall–Kier alpha value is -1.59. The van der Waals surface area contributed by atoms with Gasteiger partial charge in [-0.15, -0.1) is 6.58 Å². The summed E-state index contributed by atoms with van der Waals surface area (Å²) in [5.41, 5.74) is 1.37. The summed E-state index contributed by atoms with van der Waals surface area (Å²) in [6.07, 6.45) is 4.19. The maximum atomic E-state index is 12.7. The van der Waals surface area contributed by atoms with E-state index in [1.54, 1.807) is 12.1 Å². The van der Waals surface area contributed by atoms with Gasteiger partial charge in [-0.3, -0.25) is 0 Å². The number of benzene rings is 1. The smallest absolute Gasteiger partial charge is 0.352 e. The normalized spacial score (nSPS) is 27.0. The largest absolute Gasteiger partial charge is 0.416 e. The van der Waals surface area contributed by atoms with E-state index in [9.17, 15) is 13.2 Å². The number of hydrogen-bond acceptors (Lipinski definition) is 2. The first kappa shape index (κ1) is 19.2. The molecule has 0 amide bonds. The quantitative estimate of drug-likeness (QED) is 0.609. The molecule has 2 nitrogen and oxygen atoms in total. The second-order valence-electron chi connectivity index (χ2n) is 7.11. The molecular weight excluding hydrogens is 341 g/mol. The Morgan fingerprint density at radius 1 is 1.12 bits per heavy atom. The van der Waals surface area contributed by atoms with Gasteiger partial charge in [0.1, 0.15) is 0 Å². The fraction of sp³-hybridized carbons (Fsp3) is 0.524. The van der Waals surface area contributed by atoms with Gasteiger partial charge in [0, 0.05) is 11.8 Å². The van der Waals surface area contributed by atoms with Gasteiger partial charge in [-0.2, -0.15) is 13.2 Å². The molecule has 5 heteroatoms. The predicted molar refractivity (Wildman–Crippen MR) is 95.4 cm³/mol. The molecule has 1 aliphatic heterocycles. The lowest BCUT2D eigenvalue weighted by atomic mass is 9.85. The summed E-state index contributed by atoms with van der Waals surface area (Å²) in [6, 6.07) is 5.43. The molecule has 0 aromatic heterocycles. The third-order valence-corrected chi connectivity index (χ3v) is 5.19. The van der Waals surface area contributed by atoms with Gasteiger partial charge >= 0.3 is 6.18 Å². The second-order valence-corrected chi connectivity index (χ2v) is 7.11. The summed E-state index contributed by atoms with van der Waals surface area (Å²) in [6.45, 7) is 5.19. The molecule has 0 bridgehead atoms. The van der Waals surface area contributed by atoms with Crippen LogP contribution in [0.3, 0.4) is 0 Å². The van der Waals surface area contributed by atoms with Gasteiger partial charge in [0.05, 0.1) is 18.8 Å². The molecule has 26 heavy (non-hydrogen) atoms. The van der Waals surface area contributed by atoms with Crippen LogP contribution in [0.5, 0.6) is 0 Å². The molecule has 1 unspecified atom stereocenters. The molecule has 0 spiro atoms. The Bertz CT molecular complexity index is 626. The van der Waals surface area contributed by atoms with Gasteiger partial charge in [-0.05, 0) is 55.4 Å². The van der Waals surface area contributed by atoms with E-state index in [1.165, 1.54) is 0 Å². The van der Waals surface area contributed by atoms with Crippen molar-refractivity contribution in [2.75, 3.05) is 13.2 Å². The molecule has 1 aromatic rings. The molecule has 1 aliphatic carbocycles. The highest BCUT2D eigenvalue weighted by molar-refractivity contribution is 5.66. The molecule has 142 valence electrons. The molecule has 1 aromatic carbocycles. The average Bonchev–Trinajstić information content (AvgIpc) is 2.66. The summed E-state index contributed by atoms with van der Waals surface area (Å²) in [4.78, 5) is 0. The van der Waals surface area contributed by atoms with E-state index in [2.05, 4.69) is 12.7 Å². The lowest BCUT2D eigenvalue weighted by Gasteiger charge is -2.35. The van der Waals surface area contributed by atoms with Gasteiger partial charge in [-0.25, -0.2) is 0 Å². The zero-order valence-corrected chi connectivity index (χ0v) is 14.8. The first-order valence-electron chi connectivity index (χ1n) is 9.18. The van der Waals surface area contributed by atoms with E-state index >= 15 is 0 Å². The molecule has 0 N–H and O–H groups in total. The van der Waals surface area contributed by atoms with Crippen LogP contribution >= 0.6 is 0 Å². The van der Waals surface area contributed by atoms with Crippen molar-refractivity contribution in [1.29, 1.82) is 0 Å². The van der Waals surface area contributed by atoms with Crippen LogP contribution in [-0.4, -0.2) is 19.5 Å². The highest BCUT2D eigenvalue weighted by Crippen LogP contribution is 2.36. The summed E-state index contributed by atoms with van der Waals surface area (Å²) >= 11 is 0. The topological polar surface area (TPSA) is 18.5 Å². The van der Waals surface area contributed by atoms with Crippen LogP contribution in [-0.2, 0) is 15.7 Å². The first-order chi connectivity index (χ1) is 12.5. The minimum atomic E-state index is -4.29. The number of ether oxygens (including phenoxy) is 2. The zero-order valence-electron chi connectivity index (χ0n) is 14.8. The van der Waals surface area contributed by atoms with Crippen molar-refractivity contribution in [2.24, 2.45) is 11.8 Å². The van der Waals surface area contributed by atoms with Crippen LogP contribution in [0.25, 0.3) is 5.57 Å². The minimum Gasteiger partial charge on any atom is -0.352 e. The van der Waals surface area contributed by atoms with E-state index in [0.29, 0.717) is 11.8 Å². The van der Waals surface area contributed by atoms with Crippen molar-refractivity contribution >= 4 is 5.57 Å². The zero-order chi connectivity index (χ0) is 18.6. The minimum absolute atomic E-state index is 0.166. The summed E-state index contributed by atoms with van der Waals surface area (Å²) in [7, 11) is 0. The Balaban J connectivity index is 1.53. The van der Waals surface area contributed by atoms with Crippen molar-refractivity contribution in [3.05, 3.63) is 54.1 Å². The fourth-order valence-electron chi connectivity index (χ4n) is 3.59. The van der Waals surface area contributed by atoms with Gasteiger partial charge < -0.3 is 9.47 Å². The van der Waals surface area contributed by atoms with Crippen molar-refractivity contribution < 1.29 is 22.6 Å². The van der Waals surface area contributed by atoms with Crippen molar-refractivity contribution in [2.45, 2.75) is 44.6 Å². The number of allylic oxidation sites excluding steroid dienone is 3. The number of rotatable bonds is 5. The molecule has 1 fully saturated rings. The SMILES string of the molecule is C=CCCC1COC(C2CC=C(c3ccc(C(F)(F)F)cc3)CC2)OC1. The van der Waals surface area contributed by atoms with Crippen LogP contribution in [0.2, 0.25) is 0 Å². The highest BCUT2D eigenvalue weighted by Gasteiger charge is 2.31. The monoisotopic (exact) mass is 366 g/mol. The molecule has 0 radical (unpaired) electrons. The van der Waals surface area contributed by atoms with Crippen LogP contribution in [0.4, 0.5) is 13.2 Å². The Labute approximate surface area is 152 Å². The van der Waals surface area contributed by atoms with Gasteiger partial charge in [0.25, 0.3) is 0 Å². The molecule has 1 atom stereocenters. The highest BCUT2D eigenvalue weighted by atomic mass is 19.4. The van der Waals surface area contributed by atoms with Crippen molar-refractivity contribution in [1.82, 2.24) is 0 Å². The standard InChI is InChI=1S/C21H25F3O2/c1-2-3-4-15-13-25-20(26-14-15)18-7-5-16(6-8-18)17-9-11-19(12-10-17)21(22,23)24/h2,5,9-12,15,18,20H,1,3-4,6-8,13-14H2. The van der Waals surface area contributed by atoms with Gasteiger partial charge in [0.2, 0.25) is 0 Å². The molecule has 2 aliphatic rings. The Morgan fingerprint density at radius 3 is 2.35 bits per heavy atom. The van der Waals surface area contributed by atoms with Crippen molar-refractivity contribution in [3.63, 3.8) is 0 Å². The van der Waals surface area contributed by atoms with Crippen LogP contribution in [0, 0.1) is 11.8 Å². The predicted octanol–water partition coefficient (Wildman–Crippen LogP) is 5.84. The maximum Gasteiger partial charge on any atom is 0.416 e. The number of halogens is 3. The van der Waals surface area contributed by atoms with Gasteiger partial charge in [-0.1, -0.05) is 24.3 Å². The average molecular weight is 366 g/mol. The molecular formula is C21H25F3O2. The van der Waals surface area contributed by atoms with E-state index in [1.807, 2.05) is 6.08 Å². The van der Waals surface area contributed by atoms with E-state index in [4.69, 9.17) is 9.47 Å². The third-order valence-electron chi connectivity index (χ3n) is 5.19. The Kier molecular flexibility index (Phi) is 6.20. The van der Waals surface area contributed by atoms with Crippen LogP contribution in [0.15, 0.2) is 43.0 Å². The van der Waals surface area contributed by atoms with E-state index in [-0.39, 0.29) is 6.29 Å². The van der Waals surface area contributed by atoms with Gasteiger partial charge in [0.15, 0.2) is 6.29 Å². The molecule has 3 rings (SSSR count). The van der Waals surface area contributed by atoms with E-state index in [0.717, 1.165) is 68.6 Å². The lowest BCUT2D eigenvalue weighted by molar-refractivity contribution is -0.225. The Morgan fingerprint density at radius 2 is 1.81 bits per heavy atom. The molecule has 0 saturated carbocycles. The summed E-state index contributed by atoms with van der Waals surface area (Å²) in [5, 5.41) is 0. The lowest BCUT2D eigenvalue weighted by Crippen LogP contribution is -2.37. The number of alkyl halides is 3. The van der Waals surface area contributed by atoms with Crippen LogP contribution in [0.1, 0.15) is 43.2 Å². The first-order valence-corrected chi connectivity index (χ1v) is 9.18. The number of hydrogen-bond donors (Lipinski definition) is 0. The maximum absolute atomic E-state index is 12.7. The summed E-state index contributed by atoms with van der Waals surface area (Å²) < 4.78 is 49.8. The second kappa shape index (κ2) is 8.40. The van der Waals surface area contributed by atoms with Crippen molar-refractivity contribution in [3.8, 4) is 0 Å². The fourth-order valence-corrected chi connectivity index (χ4v) is 3.59.